The van der Waals surface area contributed by atoms with E-state index in [4.69, 9.17) is 9.47 Å². The zero-order valence-electron chi connectivity index (χ0n) is 16.8. The van der Waals surface area contributed by atoms with Gasteiger partial charge in [-0.15, -0.1) is 5.10 Å². The topological polar surface area (TPSA) is 69.5 Å². The molecule has 1 atom stereocenters. The normalized spacial score (nSPS) is 17.7. The first kappa shape index (κ1) is 20.5. The lowest BCUT2D eigenvalue weighted by Crippen LogP contribution is -2.32. The number of rotatable bonds is 8. The predicted octanol–water partition coefficient (Wildman–Crippen LogP) is 3.09. The molecule has 7 nitrogen and oxygen atoms in total. The van der Waals surface area contributed by atoms with Crippen LogP contribution in [0, 0.1) is 0 Å². The Kier molecular flexibility index (Phi) is 7.56. The van der Waals surface area contributed by atoms with Gasteiger partial charge in [-0.25, -0.2) is 4.68 Å². The highest BCUT2D eigenvalue weighted by Crippen LogP contribution is 2.28. The summed E-state index contributed by atoms with van der Waals surface area (Å²) < 4.78 is 12.7. The van der Waals surface area contributed by atoms with E-state index in [0.717, 1.165) is 32.4 Å². The molecule has 0 bridgehead atoms. The van der Waals surface area contributed by atoms with Gasteiger partial charge in [0, 0.05) is 26.3 Å². The van der Waals surface area contributed by atoms with Gasteiger partial charge in [0.1, 0.15) is 0 Å². The van der Waals surface area contributed by atoms with Crippen LogP contribution in [0.3, 0.4) is 0 Å². The number of amides is 1. The van der Waals surface area contributed by atoms with Crippen molar-refractivity contribution in [2.45, 2.75) is 51.9 Å². The number of aromatic nitrogens is 3. The Morgan fingerprint density at radius 1 is 1.14 bits per heavy atom. The molecule has 152 valence electrons. The zero-order valence-corrected chi connectivity index (χ0v) is 16.8. The van der Waals surface area contributed by atoms with Gasteiger partial charge in [-0.2, -0.15) is 0 Å². The number of carbonyl (C=O) groups is 1. The second-order valence-electron chi connectivity index (χ2n) is 7.00. The van der Waals surface area contributed by atoms with E-state index in [2.05, 4.69) is 34.6 Å². The maximum absolute atomic E-state index is 12.9. The van der Waals surface area contributed by atoms with Crippen molar-refractivity contribution in [3.8, 4) is 0 Å². The predicted molar refractivity (Wildman–Crippen MR) is 106 cm³/mol. The molecule has 7 heteroatoms. The van der Waals surface area contributed by atoms with E-state index in [0.29, 0.717) is 31.4 Å². The molecule has 28 heavy (non-hydrogen) atoms. The third-order valence-corrected chi connectivity index (χ3v) is 5.09. The second-order valence-corrected chi connectivity index (χ2v) is 7.00. The number of carbonyl (C=O) groups excluding carboxylic acids is 1. The van der Waals surface area contributed by atoms with Crippen LogP contribution in [0.5, 0.6) is 0 Å². The fourth-order valence-electron chi connectivity index (χ4n) is 3.68. The lowest BCUT2D eigenvalue weighted by atomic mass is 9.92. The van der Waals surface area contributed by atoms with Crippen LogP contribution in [0.15, 0.2) is 36.5 Å². The van der Waals surface area contributed by atoms with Gasteiger partial charge in [-0.05, 0) is 44.6 Å². The highest BCUT2D eigenvalue weighted by molar-refractivity contribution is 5.91. The molecule has 1 amide bonds. The van der Waals surface area contributed by atoms with Crippen LogP contribution in [-0.4, -0.2) is 58.4 Å². The summed E-state index contributed by atoms with van der Waals surface area (Å²) in [6, 6.07) is 10.6. The number of hydrogen-bond donors (Lipinski definition) is 0. The summed E-state index contributed by atoms with van der Waals surface area (Å²) in [5.41, 5.74) is 1.74. The molecule has 0 saturated carbocycles. The van der Waals surface area contributed by atoms with Crippen molar-refractivity contribution >= 4 is 5.91 Å². The molecule has 0 spiro atoms. The quantitative estimate of drug-likeness (QED) is 0.652. The Morgan fingerprint density at radius 2 is 1.89 bits per heavy atom. The SMILES string of the molecule is CCOC(Cn1cc(C(=O)N2CCCC(c3ccccc3)CC2)nn1)OCC. The highest BCUT2D eigenvalue weighted by Gasteiger charge is 2.24. The van der Waals surface area contributed by atoms with E-state index >= 15 is 0 Å². The van der Waals surface area contributed by atoms with E-state index in [9.17, 15) is 4.79 Å². The zero-order chi connectivity index (χ0) is 19.8. The van der Waals surface area contributed by atoms with E-state index in [1.165, 1.54) is 5.56 Å². The van der Waals surface area contributed by atoms with E-state index in [-0.39, 0.29) is 12.2 Å². The number of benzene rings is 1. The number of hydrogen-bond acceptors (Lipinski definition) is 5. The van der Waals surface area contributed by atoms with Crippen molar-refractivity contribution in [2.24, 2.45) is 0 Å². The van der Waals surface area contributed by atoms with Gasteiger partial charge in [-0.1, -0.05) is 35.5 Å². The van der Waals surface area contributed by atoms with Crippen molar-refractivity contribution in [3.63, 3.8) is 0 Å². The minimum absolute atomic E-state index is 0.0515. The van der Waals surface area contributed by atoms with Gasteiger partial charge in [-0.3, -0.25) is 4.79 Å². The molecule has 2 heterocycles. The molecule has 0 radical (unpaired) electrons. The van der Waals surface area contributed by atoms with Gasteiger partial charge < -0.3 is 14.4 Å². The van der Waals surface area contributed by atoms with Crippen LogP contribution >= 0.6 is 0 Å². The van der Waals surface area contributed by atoms with E-state index in [1.807, 2.05) is 24.8 Å². The summed E-state index contributed by atoms with van der Waals surface area (Å²) in [5.74, 6) is 0.456. The summed E-state index contributed by atoms with van der Waals surface area (Å²) in [4.78, 5) is 14.8. The Hall–Kier alpha value is -2.25. The Balaban J connectivity index is 1.59. The molecule has 3 rings (SSSR count). The third-order valence-electron chi connectivity index (χ3n) is 5.09. The van der Waals surface area contributed by atoms with Crippen LogP contribution in [-0.2, 0) is 16.0 Å². The van der Waals surface area contributed by atoms with Gasteiger partial charge in [0.15, 0.2) is 12.0 Å². The summed E-state index contributed by atoms with van der Waals surface area (Å²) in [5, 5.41) is 8.16. The molecule has 0 N–H and O–H groups in total. The number of likely N-dealkylation sites (tertiary alicyclic amines) is 1. The lowest BCUT2D eigenvalue weighted by molar-refractivity contribution is -0.145. The third kappa shape index (κ3) is 5.39. The largest absolute Gasteiger partial charge is 0.351 e. The summed E-state index contributed by atoms with van der Waals surface area (Å²) >= 11 is 0. The van der Waals surface area contributed by atoms with Crippen molar-refractivity contribution in [3.05, 3.63) is 47.8 Å². The minimum atomic E-state index is -0.385. The fourth-order valence-corrected chi connectivity index (χ4v) is 3.68. The first-order chi connectivity index (χ1) is 13.7. The molecule has 1 fully saturated rings. The van der Waals surface area contributed by atoms with Gasteiger partial charge >= 0.3 is 0 Å². The van der Waals surface area contributed by atoms with Gasteiger partial charge in [0.05, 0.1) is 12.7 Å². The van der Waals surface area contributed by atoms with Crippen molar-refractivity contribution < 1.29 is 14.3 Å². The van der Waals surface area contributed by atoms with Crippen LogP contribution in [0.2, 0.25) is 0 Å². The van der Waals surface area contributed by atoms with Gasteiger partial charge in [0.2, 0.25) is 0 Å². The average Bonchev–Trinajstić information content (AvgIpc) is 3.03. The molecule has 0 aliphatic carbocycles. The summed E-state index contributed by atoms with van der Waals surface area (Å²) in [6.07, 6.45) is 4.37. The van der Waals surface area contributed by atoms with Crippen LogP contribution in [0.4, 0.5) is 0 Å². The summed E-state index contributed by atoms with van der Waals surface area (Å²) in [6.45, 7) is 6.87. The van der Waals surface area contributed by atoms with Crippen LogP contribution < -0.4 is 0 Å². The minimum Gasteiger partial charge on any atom is -0.351 e. The van der Waals surface area contributed by atoms with Crippen molar-refractivity contribution in [1.82, 2.24) is 19.9 Å². The second kappa shape index (κ2) is 10.3. The van der Waals surface area contributed by atoms with Crippen molar-refractivity contribution in [2.75, 3.05) is 26.3 Å². The molecule has 1 aliphatic heterocycles. The summed E-state index contributed by atoms with van der Waals surface area (Å²) in [7, 11) is 0. The molecule has 1 unspecified atom stereocenters. The average molecular weight is 386 g/mol. The molecule has 1 aliphatic rings. The molecule has 2 aromatic rings. The number of ether oxygens (including phenoxy) is 2. The Labute approximate surface area is 166 Å². The molecule has 1 aromatic heterocycles. The van der Waals surface area contributed by atoms with E-state index < -0.39 is 0 Å². The molecule has 1 aromatic carbocycles. The Bertz CT molecular complexity index is 728. The van der Waals surface area contributed by atoms with Crippen LogP contribution in [0.25, 0.3) is 0 Å². The standard InChI is InChI=1S/C21H30N4O3/c1-3-27-20(28-4-2)16-25-15-19(22-23-25)21(26)24-13-8-11-18(12-14-24)17-9-6-5-7-10-17/h5-7,9-10,15,18,20H,3-4,8,11-14,16H2,1-2H3. The number of nitrogens with zero attached hydrogens (tertiary/aromatic N) is 4. The van der Waals surface area contributed by atoms with Gasteiger partial charge in [0.25, 0.3) is 5.91 Å². The molecular formula is C21H30N4O3. The first-order valence-electron chi connectivity index (χ1n) is 10.2. The van der Waals surface area contributed by atoms with Crippen molar-refractivity contribution in [1.29, 1.82) is 0 Å². The maximum Gasteiger partial charge on any atom is 0.276 e. The molecular weight excluding hydrogens is 356 g/mol. The lowest BCUT2D eigenvalue weighted by Gasteiger charge is -2.19. The Morgan fingerprint density at radius 3 is 2.61 bits per heavy atom. The van der Waals surface area contributed by atoms with Crippen LogP contribution in [0.1, 0.15) is 55.1 Å². The van der Waals surface area contributed by atoms with E-state index in [1.54, 1.807) is 10.9 Å². The smallest absolute Gasteiger partial charge is 0.276 e. The highest BCUT2D eigenvalue weighted by atomic mass is 16.7. The maximum atomic E-state index is 12.9. The fraction of sp³-hybridized carbons (Fsp3) is 0.571. The molecule has 1 saturated heterocycles. The first-order valence-corrected chi connectivity index (χ1v) is 10.2. The monoisotopic (exact) mass is 386 g/mol.